The quantitative estimate of drug-likeness (QED) is 0.747. The van der Waals surface area contributed by atoms with Crippen LogP contribution in [0.2, 0.25) is 0 Å². The van der Waals surface area contributed by atoms with Gasteiger partial charge in [-0.1, -0.05) is 24.3 Å². The number of rotatable bonds is 5. The number of fused-ring (bicyclic) bond motifs is 1. The summed E-state index contributed by atoms with van der Waals surface area (Å²) in [6.45, 7) is 0.846. The van der Waals surface area contributed by atoms with Crippen LogP contribution in [0.5, 0.6) is 0 Å². The van der Waals surface area contributed by atoms with Crippen LogP contribution < -0.4 is 15.6 Å². The zero-order chi connectivity index (χ0) is 17.9. The molecule has 7 nitrogen and oxygen atoms in total. The maximum atomic E-state index is 12.3. The van der Waals surface area contributed by atoms with Gasteiger partial charge in [0, 0.05) is 25.4 Å². The lowest BCUT2D eigenvalue weighted by atomic mass is 10.1. The molecule has 2 heterocycles. The molecule has 0 fully saturated rings. The van der Waals surface area contributed by atoms with Gasteiger partial charge in [0.15, 0.2) is 0 Å². The molecule has 2 aromatic rings. The normalized spacial score (nSPS) is 18.3. The van der Waals surface area contributed by atoms with E-state index in [1.807, 2.05) is 0 Å². The summed E-state index contributed by atoms with van der Waals surface area (Å²) in [5.74, 6) is -0.363. The minimum Gasteiger partial charge on any atom is -0.355 e. The molecular formula is C17H19N3O4S. The molecule has 0 spiro atoms. The SMILES string of the molecule is O=C(NCCCn1ccccc1=O)C1Cc2ccccc2S(=O)(=O)N1. The van der Waals surface area contributed by atoms with Crippen LogP contribution in [0.1, 0.15) is 12.0 Å². The van der Waals surface area contributed by atoms with Gasteiger partial charge in [0.1, 0.15) is 6.04 Å². The molecule has 1 amide bonds. The highest BCUT2D eigenvalue weighted by Gasteiger charge is 2.32. The third-order valence-electron chi connectivity index (χ3n) is 4.07. The topological polar surface area (TPSA) is 97.3 Å². The largest absolute Gasteiger partial charge is 0.355 e. The van der Waals surface area contributed by atoms with Crippen LogP contribution in [0.15, 0.2) is 58.4 Å². The number of hydrogen-bond acceptors (Lipinski definition) is 4. The van der Waals surface area contributed by atoms with Gasteiger partial charge in [-0.25, -0.2) is 8.42 Å². The number of carbonyl (C=O) groups is 1. The summed E-state index contributed by atoms with van der Waals surface area (Å²) >= 11 is 0. The van der Waals surface area contributed by atoms with Crippen molar-refractivity contribution < 1.29 is 13.2 Å². The maximum Gasteiger partial charge on any atom is 0.250 e. The summed E-state index contributed by atoms with van der Waals surface area (Å²) in [5.41, 5.74) is 0.544. The van der Waals surface area contributed by atoms with Gasteiger partial charge >= 0.3 is 0 Å². The highest BCUT2D eigenvalue weighted by atomic mass is 32.2. The van der Waals surface area contributed by atoms with Gasteiger partial charge in [-0.15, -0.1) is 0 Å². The van der Waals surface area contributed by atoms with E-state index in [4.69, 9.17) is 0 Å². The van der Waals surface area contributed by atoms with Crippen molar-refractivity contribution in [3.63, 3.8) is 0 Å². The number of benzene rings is 1. The fourth-order valence-corrected chi connectivity index (χ4v) is 4.27. The van der Waals surface area contributed by atoms with E-state index in [-0.39, 0.29) is 16.4 Å². The van der Waals surface area contributed by atoms with Crippen molar-refractivity contribution >= 4 is 15.9 Å². The standard InChI is InChI=1S/C17H19N3O4S/c21-16-8-3-4-10-20(16)11-5-9-18-17(22)14-12-13-6-1-2-7-15(13)25(23,24)19-14/h1-4,6-8,10,14,19H,5,9,11-12H2,(H,18,22). The summed E-state index contributed by atoms with van der Waals surface area (Å²) in [7, 11) is -3.67. The highest BCUT2D eigenvalue weighted by molar-refractivity contribution is 7.89. The average molecular weight is 361 g/mol. The summed E-state index contributed by atoms with van der Waals surface area (Å²) < 4.78 is 28.4. The molecule has 1 unspecified atom stereocenters. The lowest BCUT2D eigenvalue weighted by Gasteiger charge is -2.25. The van der Waals surface area contributed by atoms with Crippen LogP contribution >= 0.6 is 0 Å². The van der Waals surface area contributed by atoms with E-state index in [0.29, 0.717) is 31.5 Å². The highest BCUT2D eigenvalue weighted by Crippen LogP contribution is 2.22. The van der Waals surface area contributed by atoms with Gasteiger partial charge in [-0.05, 0) is 30.5 Å². The molecular weight excluding hydrogens is 342 g/mol. The average Bonchev–Trinajstić information content (AvgIpc) is 2.59. The van der Waals surface area contributed by atoms with Gasteiger partial charge in [-0.2, -0.15) is 4.72 Å². The van der Waals surface area contributed by atoms with E-state index in [9.17, 15) is 18.0 Å². The third kappa shape index (κ3) is 3.97. The second kappa shape index (κ2) is 7.20. The second-order valence-electron chi connectivity index (χ2n) is 5.86. The predicted molar refractivity (Wildman–Crippen MR) is 92.6 cm³/mol. The molecule has 1 aliphatic heterocycles. The van der Waals surface area contributed by atoms with Crippen LogP contribution in [0, 0.1) is 0 Å². The molecule has 1 atom stereocenters. The molecule has 0 bridgehead atoms. The van der Waals surface area contributed by atoms with Crippen LogP contribution in [0.25, 0.3) is 0 Å². The number of sulfonamides is 1. The van der Waals surface area contributed by atoms with Crippen LogP contribution in [0.4, 0.5) is 0 Å². The van der Waals surface area contributed by atoms with Crippen molar-refractivity contribution in [1.82, 2.24) is 14.6 Å². The zero-order valence-electron chi connectivity index (χ0n) is 13.5. The first-order chi connectivity index (χ1) is 12.0. The summed E-state index contributed by atoms with van der Waals surface area (Å²) in [5, 5.41) is 2.73. The van der Waals surface area contributed by atoms with Crippen molar-refractivity contribution in [2.24, 2.45) is 0 Å². The van der Waals surface area contributed by atoms with Crippen molar-refractivity contribution in [1.29, 1.82) is 0 Å². The fraction of sp³-hybridized carbons (Fsp3) is 0.294. The van der Waals surface area contributed by atoms with E-state index in [0.717, 1.165) is 0 Å². The van der Waals surface area contributed by atoms with Gasteiger partial charge in [-0.3, -0.25) is 9.59 Å². The maximum absolute atomic E-state index is 12.3. The zero-order valence-corrected chi connectivity index (χ0v) is 14.3. The summed E-state index contributed by atoms with van der Waals surface area (Å²) in [6, 6.07) is 10.8. The monoisotopic (exact) mass is 361 g/mol. The number of nitrogens with zero attached hydrogens (tertiary/aromatic N) is 1. The number of carbonyl (C=O) groups excluding carboxylic acids is 1. The van der Waals surface area contributed by atoms with Crippen LogP contribution in [-0.4, -0.2) is 31.5 Å². The first-order valence-corrected chi connectivity index (χ1v) is 9.49. The molecule has 1 aliphatic rings. The predicted octanol–water partition coefficient (Wildman–Crippen LogP) is 0.258. The molecule has 0 aliphatic carbocycles. The van der Waals surface area contributed by atoms with E-state index in [2.05, 4.69) is 10.0 Å². The Morgan fingerprint density at radius 3 is 2.76 bits per heavy atom. The Hall–Kier alpha value is -2.45. The molecule has 0 radical (unpaired) electrons. The third-order valence-corrected chi connectivity index (χ3v) is 5.65. The van der Waals surface area contributed by atoms with E-state index < -0.39 is 16.1 Å². The number of amides is 1. The van der Waals surface area contributed by atoms with Gasteiger partial charge in [0.25, 0.3) is 0 Å². The van der Waals surface area contributed by atoms with E-state index in [1.54, 1.807) is 41.1 Å². The lowest BCUT2D eigenvalue weighted by molar-refractivity contribution is -0.122. The molecule has 2 N–H and O–H groups in total. The molecule has 3 rings (SSSR count). The minimum atomic E-state index is -3.67. The Morgan fingerprint density at radius 2 is 1.96 bits per heavy atom. The Labute approximate surface area is 145 Å². The number of hydrogen-bond donors (Lipinski definition) is 2. The summed E-state index contributed by atoms with van der Waals surface area (Å²) in [4.78, 5) is 24.1. The minimum absolute atomic E-state index is 0.0922. The number of pyridine rings is 1. The van der Waals surface area contributed by atoms with Crippen molar-refractivity contribution in [2.75, 3.05) is 6.54 Å². The van der Waals surface area contributed by atoms with Crippen molar-refractivity contribution in [2.45, 2.75) is 30.3 Å². The number of aryl methyl sites for hydroxylation is 1. The lowest BCUT2D eigenvalue weighted by Crippen LogP contribution is -2.50. The Bertz CT molecular complexity index is 937. The molecule has 25 heavy (non-hydrogen) atoms. The fourth-order valence-electron chi connectivity index (χ4n) is 2.82. The van der Waals surface area contributed by atoms with E-state index >= 15 is 0 Å². The Kier molecular flexibility index (Phi) is 5.00. The number of aromatic nitrogens is 1. The summed E-state index contributed by atoms with van der Waals surface area (Å²) in [6.07, 6.45) is 2.58. The molecule has 0 saturated carbocycles. The Balaban J connectivity index is 1.56. The molecule has 8 heteroatoms. The molecule has 0 saturated heterocycles. The Morgan fingerprint density at radius 1 is 1.20 bits per heavy atom. The van der Waals surface area contributed by atoms with Gasteiger partial charge in [0.05, 0.1) is 4.90 Å². The number of nitrogens with one attached hydrogen (secondary N) is 2. The molecule has 132 valence electrons. The van der Waals surface area contributed by atoms with Crippen LogP contribution in [-0.2, 0) is 27.8 Å². The van der Waals surface area contributed by atoms with Crippen molar-refractivity contribution in [3.8, 4) is 0 Å². The first-order valence-electron chi connectivity index (χ1n) is 8.01. The van der Waals surface area contributed by atoms with Crippen molar-refractivity contribution in [3.05, 3.63) is 64.6 Å². The second-order valence-corrected chi connectivity index (χ2v) is 7.54. The van der Waals surface area contributed by atoms with Gasteiger partial charge in [0.2, 0.25) is 21.5 Å². The van der Waals surface area contributed by atoms with E-state index in [1.165, 1.54) is 12.1 Å². The first kappa shape index (κ1) is 17.4. The van der Waals surface area contributed by atoms with Gasteiger partial charge < -0.3 is 9.88 Å². The molecule has 1 aromatic carbocycles. The van der Waals surface area contributed by atoms with Crippen LogP contribution in [0.3, 0.4) is 0 Å². The smallest absolute Gasteiger partial charge is 0.250 e. The molecule has 1 aromatic heterocycles.